The molecule has 0 aromatic heterocycles. The molecule has 0 radical (unpaired) electrons. The van der Waals surface area contributed by atoms with E-state index in [9.17, 15) is 0 Å². The van der Waals surface area contributed by atoms with Crippen LogP contribution in [-0.4, -0.2) is 49.7 Å². The summed E-state index contributed by atoms with van der Waals surface area (Å²) >= 11 is 0. The normalized spacial score (nSPS) is 28.3. The van der Waals surface area contributed by atoms with Gasteiger partial charge in [-0.05, 0) is 59.7 Å². The molecule has 0 amide bonds. The average Bonchev–Trinajstić information content (AvgIpc) is 2.74. The van der Waals surface area contributed by atoms with Crippen molar-refractivity contribution in [2.75, 3.05) is 27.2 Å². The number of hydrogen-bond acceptors (Lipinski definition) is 3. The number of nitrogens with one attached hydrogen (secondary N) is 2. The zero-order valence-corrected chi connectivity index (χ0v) is 14.6. The van der Waals surface area contributed by atoms with Gasteiger partial charge >= 0.3 is 0 Å². The molecule has 0 aromatic carbocycles. The molecule has 2 aliphatic rings. The fourth-order valence-corrected chi connectivity index (χ4v) is 4.17. The minimum absolute atomic E-state index is 0.406. The Bertz CT molecular complexity index is 276. The number of hydrogen-bond donors (Lipinski definition) is 2. The van der Waals surface area contributed by atoms with E-state index in [2.05, 4.69) is 36.6 Å². The number of likely N-dealkylation sites (N-methyl/N-ethyl adjacent to an activating group) is 1. The predicted octanol–water partition coefficient (Wildman–Crippen LogP) is 3.15. The van der Waals surface area contributed by atoms with E-state index in [1.54, 1.807) is 0 Å². The van der Waals surface area contributed by atoms with Gasteiger partial charge in [-0.15, -0.1) is 0 Å². The summed E-state index contributed by atoms with van der Waals surface area (Å²) in [6.07, 6.45) is 13.8. The minimum atomic E-state index is 0.406. The third kappa shape index (κ3) is 5.22. The zero-order valence-electron chi connectivity index (χ0n) is 14.6. The van der Waals surface area contributed by atoms with E-state index in [0.717, 1.165) is 12.6 Å². The van der Waals surface area contributed by atoms with Crippen LogP contribution in [0.3, 0.4) is 0 Å². The quantitative estimate of drug-likeness (QED) is 0.788. The van der Waals surface area contributed by atoms with Crippen molar-refractivity contribution in [2.45, 2.75) is 88.8 Å². The molecule has 0 spiro atoms. The standard InChI is InChI=1S/C18H37N3/c1-16(14-17-10-6-4-9-13-19-17)20-15-18(21(2)3)11-7-5-8-12-18/h16-17,19-20H,4-15H2,1-3H3. The van der Waals surface area contributed by atoms with Gasteiger partial charge in [0.1, 0.15) is 0 Å². The Morgan fingerprint density at radius 3 is 2.52 bits per heavy atom. The molecule has 2 N–H and O–H groups in total. The molecule has 1 aliphatic heterocycles. The van der Waals surface area contributed by atoms with E-state index in [1.165, 1.54) is 70.8 Å². The summed E-state index contributed by atoms with van der Waals surface area (Å²) in [4.78, 5) is 2.48. The molecule has 124 valence electrons. The van der Waals surface area contributed by atoms with E-state index in [-0.39, 0.29) is 0 Å². The van der Waals surface area contributed by atoms with Crippen LogP contribution in [-0.2, 0) is 0 Å². The summed E-state index contributed by atoms with van der Waals surface area (Å²) < 4.78 is 0. The lowest BCUT2D eigenvalue weighted by atomic mass is 9.80. The Balaban J connectivity index is 1.77. The van der Waals surface area contributed by atoms with E-state index < -0.39 is 0 Å². The average molecular weight is 296 g/mol. The molecule has 2 atom stereocenters. The first-order valence-electron chi connectivity index (χ1n) is 9.27. The van der Waals surface area contributed by atoms with Crippen LogP contribution in [0.1, 0.15) is 71.1 Å². The molecular weight excluding hydrogens is 258 g/mol. The maximum atomic E-state index is 3.86. The Hall–Kier alpha value is -0.120. The van der Waals surface area contributed by atoms with Gasteiger partial charge in [0.15, 0.2) is 0 Å². The van der Waals surface area contributed by atoms with Crippen LogP contribution in [0, 0.1) is 0 Å². The van der Waals surface area contributed by atoms with Crippen molar-refractivity contribution in [1.82, 2.24) is 15.5 Å². The molecule has 2 unspecified atom stereocenters. The molecule has 3 nitrogen and oxygen atoms in total. The number of rotatable bonds is 6. The molecule has 1 saturated heterocycles. The lowest BCUT2D eigenvalue weighted by Crippen LogP contribution is -2.54. The third-order valence-corrected chi connectivity index (χ3v) is 5.81. The van der Waals surface area contributed by atoms with E-state index >= 15 is 0 Å². The fraction of sp³-hybridized carbons (Fsp3) is 1.00. The maximum absolute atomic E-state index is 3.86. The van der Waals surface area contributed by atoms with Crippen LogP contribution in [0.25, 0.3) is 0 Å². The Kier molecular flexibility index (Phi) is 6.97. The third-order valence-electron chi connectivity index (χ3n) is 5.81. The highest BCUT2D eigenvalue weighted by atomic mass is 15.2. The first-order valence-corrected chi connectivity index (χ1v) is 9.27. The van der Waals surface area contributed by atoms with Gasteiger partial charge in [-0.1, -0.05) is 32.1 Å². The van der Waals surface area contributed by atoms with Gasteiger partial charge < -0.3 is 15.5 Å². The Morgan fingerprint density at radius 1 is 1.10 bits per heavy atom. The van der Waals surface area contributed by atoms with Crippen molar-refractivity contribution in [2.24, 2.45) is 0 Å². The summed E-state index contributed by atoms with van der Waals surface area (Å²) in [5, 5.41) is 7.59. The summed E-state index contributed by atoms with van der Waals surface area (Å²) in [6.45, 7) is 4.76. The van der Waals surface area contributed by atoms with Crippen LogP contribution >= 0.6 is 0 Å². The molecule has 21 heavy (non-hydrogen) atoms. The summed E-state index contributed by atoms with van der Waals surface area (Å²) in [5.41, 5.74) is 0.406. The van der Waals surface area contributed by atoms with Crippen molar-refractivity contribution in [3.8, 4) is 0 Å². The fourth-order valence-electron chi connectivity index (χ4n) is 4.17. The lowest BCUT2D eigenvalue weighted by molar-refractivity contribution is 0.0949. The molecule has 2 fully saturated rings. The second-order valence-electron chi connectivity index (χ2n) is 7.70. The molecule has 0 bridgehead atoms. The molecule has 1 aliphatic carbocycles. The van der Waals surface area contributed by atoms with E-state index in [1.807, 2.05) is 0 Å². The van der Waals surface area contributed by atoms with Gasteiger partial charge in [0.2, 0.25) is 0 Å². The zero-order chi connectivity index (χ0) is 15.1. The van der Waals surface area contributed by atoms with Crippen molar-refractivity contribution < 1.29 is 0 Å². The van der Waals surface area contributed by atoms with Gasteiger partial charge in [-0.3, -0.25) is 0 Å². The van der Waals surface area contributed by atoms with Crippen molar-refractivity contribution in [1.29, 1.82) is 0 Å². The van der Waals surface area contributed by atoms with Crippen LogP contribution in [0.4, 0.5) is 0 Å². The molecule has 1 saturated carbocycles. The summed E-state index contributed by atoms with van der Waals surface area (Å²) in [7, 11) is 4.54. The smallest absolute Gasteiger partial charge is 0.0327 e. The SMILES string of the molecule is CC(CC1CCCCCN1)NCC1(N(C)C)CCCCC1. The van der Waals surface area contributed by atoms with Gasteiger partial charge in [-0.25, -0.2) is 0 Å². The van der Waals surface area contributed by atoms with Crippen molar-refractivity contribution in [3.05, 3.63) is 0 Å². The second-order valence-corrected chi connectivity index (χ2v) is 7.70. The molecule has 3 heteroatoms. The molecule has 1 heterocycles. The lowest BCUT2D eigenvalue weighted by Gasteiger charge is -2.44. The molecule has 0 aromatic rings. The first kappa shape index (κ1) is 17.2. The highest BCUT2D eigenvalue weighted by Gasteiger charge is 2.34. The minimum Gasteiger partial charge on any atom is -0.314 e. The Morgan fingerprint density at radius 2 is 1.81 bits per heavy atom. The summed E-state index contributed by atoms with van der Waals surface area (Å²) in [6, 6.07) is 1.36. The van der Waals surface area contributed by atoms with E-state index in [0.29, 0.717) is 11.6 Å². The van der Waals surface area contributed by atoms with Gasteiger partial charge in [0.05, 0.1) is 0 Å². The monoisotopic (exact) mass is 295 g/mol. The van der Waals surface area contributed by atoms with Crippen LogP contribution < -0.4 is 10.6 Å². The van der Waals surface area contributed by atoms with Gasteiger partial charge in [0.25, 0.3) is 0 Å². The second kappa shape index (κ2) is 8.50. The van der Waals surface area contributed by atoms with Gasteiger partial charge in [-0.2, -0.15) is 0 Å². The topological polar surface area (TPSA) is 27.3 Å². The highest BCUT2D eigenvalue weighted by molar-refractivity contribution is 4.93. The maximum Gasteiger partial charge on any atom is 0.0327 e. The molecule has 2 rings (SSSR count). The van der Waals surface area contributed by atoms with Crippen molar-refractivity contribution in [3.63, 3.8) is 0 Å². The van der Waals surface area contributed by atoms with Gasteiger partial charge in [0, 0.05) is 24.2 Å². The van der Waals surface area contributed by atoms with Crippen LogP contribution in [0.15, 0.2) is 0 Å². The first-order chi connectivity index (χ1) is 10.1. The Labute approximate surface area is 132 Å². The largest absolute Gasteiger partial charge is 0.314 e. The molecular formula is C18H37N3. The number of nitrogens with zero attached hydrogens (tertiary/aromatic N) is 1. The summed E-state index contributed by atoms with van der Waals surface area (Å²) in [5.74, 6) is 0. The highest BCUT2D eigenvalue weighted by Crippen LogP contribution is 2.31. The van der Waals surface area contributed by atoms with E-state index in [4.69, 9.17) is 0 Å². The van der Waals surface area contributed by atoms with Crippen LogP contribution in [0.5, 0.6) is 0 Å². The van der Waals surface area contributed by atoms with Crippen molar-refractivity contribution >= 4 is 0 Å². The predicted molar refractivity (Wildman–Crippen MR) is 91.8 cm³/mol. The van der Waals surface area contributed by atoms with Crippen LogP contribution in [0.2, 0.25) is 0 Å².